The molecule has 0 atom stereocenters. The van der Waals surface area contributed by atoms with Crippen LogP contribution < -0.4 is 5.32 Å². The van der Waals surface area contributed by atoms with E-state index in [4.69, 9.17) is 0 Å². The van der Waals surface area contributed by atoms with Gasteiger partial charge in [-0.05, 0) is 49.6 Å². The summed E-state index contributed by atoms with van der Waals surface area (Å²) >= 11 is 1.11. The number of aromatic nitrogens is 1. The van der Waals surface area contributed by atoms with Crippen LogP contribution in [-0.2, 0) is 26.2 Å². The van der Waals surface area contributed by atoms with Crippen LogP contribution in [0, 0.1) is 0 Å². The van der Waals surface area contributed by atoms with E-state index in [-0.39, 0.29) is 23.2 Å². The first-order valence-electron chi connectivity index (χ1n) is 9.92. The Labute approximate surface area is 186 Å². The number of nitrogens with zero attached hydrogens (tertiary/aromatic N) is 3. The average molecular weight is 463 g/mol. The molecule has 0 aliphatic rings. The molecule has 0 unspecified atom stereocenters. The number of sulfonamides is 1. The van der Waals surface area contributed by atoms with Gasteiger partial charge in [0.2, 0.25) is 11.8 Å². The van der Waals surface area contributed by atoms with Crippen LogP contribution in [0.3, 0.4) is 0 Å². The fourth-order valence-corrected chi connectivity index (χ4v) is 5.62. The first kappa shape index (κ1) is 23.0. The van der Waals surface area contributed by atoms with Gasteiger partial charge in [-0.3, -0.25) is 9.59 Å². The molecule has 0 radical (unpaired) electrons. The lowest BCUT2D eigenvalue weighted by Gasteiger charge is -2.19. The molecule has 3 aromatic rings. The predicted molar refractivity (Wildman–Crippen MR) is 123 cm³/mol. The maximum Gasteiger partial charge on any atom is 0.252 e. The summed E-state index contributed by atoms with van der Waals surface area (Å²) in [4.78, 5) is 26.6. The van der Waals surface area contributed by atoms with E-state index < -0.39 is 15.9 Å². The molecule has 2 amide bonds. The standard InChI is InChI=1S/C21H26N4O4S2/c1-4-24(5-2)20(27)15-25-11-10-16-13-17(8-9-18(16)25)22-19(26)14-23(3)31(28,29)21-7-6-12-30-21/h6-13H,4-5,14-15H2,1-3H3,(H,22,26). The van der Waals surface area contributed by atoms with Crippen LogP contribution in [0.4, 0.5) is 5.69 Å². The molecule has 0 spiro atoms. The highest BCUT2D eigenvalue weighted by molar-refractivity contribution is 7.91. The molecule has 1 N–H and O–H groups in total. The Bertz CT molecular complexity index is 1170. The Hall–Kier alpha value is -2.69. The smallest absolute Gasteiger partial charge is 0.252 e. The quantitative estimate of drug-likeness (QED) is 0.529. The monoisotopic (exact) mass is 462 g/mol. The van der Waals surface area contributed by atoms with Gasteiger partial charge in [-0.25, -0.2) is 8.42 Å². The minimum absolute atomic E-state index is 0.0508. The third kappa shape index (κ3) is 5.15. The van der Waals surface area contributed by atoms with Crippen molar-refractivity contribution in [3.05, 3.63) is 48.0 Å². The Balaban J connectivity index is 1.67. The normalized spacial score (nSPS) is 11.7. The van der Waals surface area contributed by atoms with Crippen LogP contribution in [0.2, 0.25) is 0 Å². The number of anilines is 1. The topological polar surface area (TPSA) is 91.7 Å². The van der Waals surface area contributed by atoms with Crippen LogP contribution in [0.1, 0.15) is 13.8 Å². The van der Waals surface area contributed by atoms with Gasteiger partial charge >= 0.3 is 0 Å². The molecule has 31 heavy (non-hydrogen) atoms. The van der Waals surface area contributed by atoms with Crippen molar-refractivity contribution in [1.29, 1.82) is 0 Å². The van der Waals surface area contributed by atoms with Crippen molar-refractivity contribution in [1.82, 2.24) is 13.8 Å². The Morgan fingerprint density at radius 2 is 1.87 bits per heavy atom. The number of hydrogen-bond donors (Lipinski definition) is 1. The molecule has 2 heterocycles. The van der Waals surface area contributed by atoms with E-state index in [1.807, 2.05) is 36.7 Å². The molecule has 0 bridgehead atoms. The minimum atomic E-state index is -3.69. The van der Waals surface area contributed by atoms with Gasteiger partial charge in [0.1, 0.15) is 10.8 Å². The number of thiophene rings is 1. The summed E-state index contributed by atoms with van der Waals surface area (Å²) in [7, 11) is -2.31. The third-order valence-corrected chi connectivity index (χ3v) is 8.18. The Morgan fingerprint density at radius 1 is 1.13 bits per heavy atom. The summed E-state index contributed by atoms with van der Waals surface area (Å²) in [5.74, 6) is -0.381. The molecule has 0 aliphatic carbocycles. The number of rotatable bonds is 9. The molecule has 0 fully saturated rings. The largest absolute Gasteiger partial charge is 0.342 e. The van der Waals surface area contributed by atoms with E-state index in [1.54, 1.807) is 28.5 Å². The van der Waals surface area contributed by atoms with Crippen LogP contribution >= 0.6 is 11.3 Å². The second kappa shape index (κ2) is 9.63. The zero-order valence-electron chi connectivity index (χ0n) is 17.7. The van der Waals surface area contributed by atoms with E-state index in [0.717, 1.165) is 26.5 Å². The Kier molecular flexibility index (Phi) is 7.14. The van der Waals surface area contributed by atoms with Gasteiger partial charge in [0, 0.05) is 42.9 Å². The number of carbonyl (C=O) groups is 2. The molecule has 0 aliphatic heterocycles. The fraction of sp³-hybridized carbons (Fsp3) is 0.333. The fourth-order valence-electron chi connectivity index (χ4n) is 3.29. The summed E-state index contributed by atoms with van der Waals surface area (Å²) in [5.41, 5.74) is 1.45. The third-order valence-electron chi connectivity index (χ3n) is 5.00. The number of likely N-dealkylation sites (N-methyl/N-ethyl adjacent to an activating group) is 2. The predicted octanol–water partition coefficient (Wildman–Crippen LogP) is 2.83. The molecule has 166 valence electrons. The van der Waals surface area contributed by atoms with Crippen LogP contribution in [0.5, 0.6) is 0 Å². The minimum Gasteiger partial charge on any atom is -0.342 e. The maximum absolute atomic E-state index is 12.5. The van der Waals surface area contributed by atoms with Gasteiger partial charge in [0.05, 0.1) is 6.54 Å². The summed E-state index contributed by atoms with van der Waals surface area (Å²) in [6.07, 6.45) is 1.85. The van der Waals surface area contributed by atoms with Crippen LogP contribution in [0.25, 0.3) is 10.9 Å². The van der Waals surface area contributed by atoms with Crippen molar-refractivity contribution in [3.63, 3.8) is 0 Å². The van der Waals surface area contributed by atoms with Crippen molar-refractivity contribution >= 4 is 49.8 Å². The van der Waals surface area contributed by atoms with E-state index in [0.29, 0.717) is 18.8 Å². The molecule has 2 aromatic heterocycles. The van der Waals surface area contributed by atoms with Gasteiger partial charge in [-0.15, -0.1) is 11.3 Å². The zero-order chi connectivity index (χ0) is 22.6. The number of carbonyl (C=O) groups excluding carboxylic acids is 2. The zero-order valence-corrected chi connectivity index (χ0v) is 19.4. The van der Waals surface area contributed by atoms with Crippen molar-refractivity contribution in [2.45, 2.75) is 24.6 Å². The van der Waals surface area contributed by atoms with Crippen LogP contribution in [0.15, 0.2) is 52.2 Å². The molecule has 8 nitrogen and oxygen atoms in total. The van der Waals surface area contributed by atoms with E-state index in [2.05, 4.69) is 5.32 Å². The van der Waals surface area contributed by atoms with Crippen molar-refractivity contribution in [2.75, 3.05) is 32.0 Å². The van der Waals surface area contributed by atoms with E-state index in [1.165, 1.54) is 13.1 Å². The molecule has 0 saturated heterocycles. The molecular weight excluding hydrogens is 436 g/mol. The number of nitrogens with one attached hydrogen (secondary N) is 1. The second-order valence-electron chi connectivity index (χ2n) is 7.02. The lowest BCUT2D eigenvalue weighted by molar-refractivity contribution is -0.131. The summed E-state index contributed by atoms with van der Waals surface area (Å²) in [5, 5.41) is 5.30. The maximum atomic E-state index is 12.5. The number of fused-ring (bicyclic) bond motifs is 1. The van der Waals surface area contributed by atoms with Gasteiger partial charge < -0.3 is 14.8 Å². The lowest BCUT2D eigenvalue weighted by atomic mass is 10.2. The Morgan fingerprint density at radius 3 is 2.52 bits per heavy atom. The van der Waals surface area contributed by atoms with Crippen molar-refractivity contribution in [2.24, 2.45) is 0 Å². The summed E-state index contributed by atoms with van der Waals surface area (Å²) in [6, 6.07) is 10.4. The molecule has 1 aromatic carbocycles. The first-order chi connectivity index (χ1) is 14.8. The van der Waals surface area contributed by atoms with Gasteiger partial charge in [-0.2, -0.15) is 4.31 Å². The van der Waals surface area contributed by atoms with Crippen LogP contribution in [-0.4, -0.2) is 60.7 Å². The summed E-state index contributed by atoms with van der Waals surface area (Å²) in [6.45, 7) is 5.20. The summed E-state index contributed by atoms with van der Waals surface area (Å²) < 4.78 is 28.0. The van der Waals surface area contributed by atoms with Gasteiger partial charge in [0.25, 0.3) is 10.0 Å². The number of amides is 2. The molecule has 10 heteroatoms. The van der Waals surface area contributed by atoms with Crippen molar-refractivity contribution in [3.8, 4) is 0 Å². The van der Waals surface area contributed by atoms with E-state index >= 15 is 0 Å². The highest BCUT2D eigenvalue weighted by Crippen LogP contribution is 2.22. The average Bonchev–Trinajstić information content (AvgIpc) is 3.39. The number of benzene rings is 1. The molecule has 0 saturated carbocycles. The van der Waals surface area contributed by atoms with Gasteiger partial charge in [0.15, 0.2) is 0 Å². The number of hydrogen-bond acceptors (Lipinski definition) is 5. The van der Waals surface area contributed by atoms with Gasteiger partial charge in [-0.1, -0.05) is 6.07 Å². The highest BCUT2D eigenvalue weighted by Gasteiger charge is 2.24. The van der Waals surface area contributed by atoms with E-state index in [9.17, 15) is 18.0 Å². The SMILES string of the molecule is CCN(CC)C(=O)Cn1ccc2cc(NC(=O)CN(C)S(=O)(=O)c3cccs3)ccc21. The molecule has 3 rings (SSSR count). The first-order valence-corrected chi connectivity index (χ1v) is 12.2. The highest BCUT2D eigenvalue weighted by atomic mass is 32.2. The second-order valence-corrected chi connectivity index (χ2v) is 10.2. The van der Waals surface area contributed by atoms with Crippen molar-refractivity contribution < 1.29 is 18.0 Å². The lowest BCUT2D eigenvalue weighted by Crippen LogP contribution is -2.34. The molecular formula is C21H26N4O4S2.